The third kappa shape index (κ3) is 8.24. The first-order valence-electron chi connectivity index (χ1n) is 8.15. The molecule has 0 saturated carbocycles. The molecule has 1 aromatic carbocycles. The Morgan fingerprint density at radius 3 is 2.00 bits per heavy atom. The summed E-state index contributed by atoms with van der Waals surface area (Å²) in [6, 6.07) is 6.56. The maximum absolute atomic E-state index is 12.1. The Kier molecular flexibility index (Phi) is 7.41. The highest BCUT2D eigenvalue weighted by molar-refractivity contribution is 7.86. The average molecular weight is 359 g/mol. The lowest BCUT2D eigenvalue weighted by molar-refractivity contribution is -0.0714. The maximum Gasteiger partial charge on any atom is 0.297 e. The molecule has 0 atom stereocenters. The number of aryl methyl sites for hydroxylation is 1. The van der Waals surface area contributed by atoms with Gasteiger partial charge in [-0.15, -0.1) is 0 Å². The van der Waals surface area contributed by atoms with Crippen LogP contribution in [0.4, 0.5) is 0 Å². The third-order valence-electron chi connectivity index (χ3n) is 3.36. The van der Waals surface area contributed by atoms with E-state index in [1.807, 2.05) is 41.5 Å². The van der Waals surface area contributed by atoms with Crippen LogP contribution in [0.5, 0.6) is 0 Å². The van der Waals surface area contributed by atoms with Gasteiger partial charge in [0.1, 0.15) is 0 Å². The molecule has 5 nitrogen and oxygen atoms in total. The first-order chi connectivity index (χ1) is 10.9. The molecule has 0 fully saturated rings. The number of benzene rings is 1. The molecule has 0 aromatic heterocycles. The smallest absolute Gasteiger partial charge is 0.297 e. The first kappa shape index (κ1) is 21.1. The fourth-order valence-electron chi connectivity index (χ4n) is 1.91. The number of rotatable bonds is 9. The van der Waals surface area contributed by atoms with Crippen molar-refractivity contribution in [2.24, 2.45) is 0 Å². The molecule has 0 amide bonds. The molecule has 1 aromatic rings. The van der Waals surface area contributed by atoms with Gasteiger partial charge >= 0.3 is 0 Å². The van der Waals surface area contributed by atoms with Crippen molar-refractivity contribution in [3.8, 4) is 0 Å². The molecule has 0 saturated heterocycles. The zero-order valence-electron chi connectivity index (χ0n) is 15.6. The van der Waals surface area contributed by atoms with Gasteiger partial charge in [-0.05, 0) is 60.1 Å². The summed E-state index contributed by atoms with van der Waals surface area (Å²) in [7, 11) is -3.74. The van der Waals surface area contributed by atoms with Crippen molar-refractivity contribution in [2.45, 2.75) is 64.1 Å². The highest BCUT2D eigenvalue weighted by Gasteiger charge is 2.21. The summed E-state index contributed by atoms with van der Waals surface area (Å²) in [5, 5.41) is 0. The monoisotopic (exact) mass is 358 g/mol. The van der Waals surface area contributed by atoms with E-state index in [2.05, 4.69) is 0 Å². The van der Waals surface area contributed by atoms with Gasteiger partial charge in [-0.1, -0.05) is 17.7 Å². The van der Waals surface area contributed by atoms with E-state index in [0.717, 1.165) is 12.0 Å². The van der Waals surface area contributed by atoms with E-state index in [-0.39, 0.29) is 23.7 Å². The Bertz CT molecular complexity index is 597. The summed E-state index contributed by atoms with van der Waals surface area (Å²) in [6.07, 6.45) is 0.717. The van der Waals surface area contributed by atoms with Crippen molar-refractivity contribution in [1.29, 1.82) is 0 Å². The zero-order valence-corrected chi connectivity index (χ0v) is 16.4. The van der Waals surface area contributed by atoms with E-state index >= 15 is 0 Å². The van der Waals surface area contributed by atoms with Crippen LogP contribution in [0, 0.1) is 6.92 Å². The van der Waals surface area contributed by atoms with Crippen molar-refractivity contribution < 1.29 is 22.1 Å². The number of hydrogen-bond donors (Lipinski definition) is 0. The van der Waals surface area contributed by atoms with Gasteiger partial charge in [0.25, 0.3) is 10.1 Å². The van der Waals surface area contributed by atoms with E-state index in [1.165, 1.54) is 0 Å². The van der Waals surface area contributed by atoms with Gasteiger partial charge in [0, 0.05) is 6.61 Å². The molecule has 0 unspecified atom stereocenters. The van der Waals surface area contributed by atoms with Crippen molar-refractivity contribution in [1.82, 2.24) is 0 Å². The molecular formula is C18H30O5S. The van der Waals surface area contributed by atoms with Crippen LogP contribution >= 0.6 is 0 Å². The highest BCUT2D eigenvalue weighted by atomic mass is 32.2. The topological polar surface area (TPSA) is 61.8 Å². The Balaban J connectivity index is 2.37. The van der Waals surface area contributed by atoms with Crippen LogP contribution in [0.2, 0.25) is 0 Å². The molecule has 0 aliphatic carbocycles. The van der Waals surface area contributed by atoms with Crippen LogP contribution in [-0.2, 0) is 23.8 Å². The van der Waals surface area contributed by atoms with Gasteiger partial charge in [0.2, 0.25) is 0 Å². The largest absolute Gasteiger partial charge is 0.376 e. The Labute approximate surface area is 146 Å². The predicted molar refractivity (Wildman–Crippen MR) is 94.7 cm³/mol. The van der Waals surface area contributed by atoms with Gasteiger partial charge in [-0.25, -0.2) is 0 Å². The predicted octanol–water partition coefficient (Wildman–Crippen LogP) is 3.70. The van der Waals surface area contributed by atoms with Gasteiger partial charge < -0.3 is 9.47 Å². The number of hydrogen-bond acceptors (Lipinski definition) is 5. The lowest BCUT2D eigenvalue weighted by Crippen LogP contribution is -2.30. The van der Waals surface area contributed by atoms with Crippen molar-refractivity contribution in [3.63, 3.8) is 0 Å². The van der Waals surface area contributed by atoms with E-state index in [4.69, 9.17) is 13.7 Å². The van der Waals surface area contributed by atoms with Crippen LogP contribution < -0.4 is 0 Å². The van der Waals surface area contributed by atoms with Crippen molar-refractivity contribution in [2.75, 3.05) is 19.8 Å². The Morgan fingerprint density at radius 1 is 0.875 bits per heavy atom. The quantitative estimate of drug-likeness (QED) is 0.497. The normalized spacial score (nSPS) is 13.2. The third-order valence-corrected chi connectivity index (χ3v) is 4.69. The molecule has 6 heteroatoms. The van der Waals surface area contributed by atoms with Crippen LogP contribution in [0.25, 0.3) is 0 Å². The lowest BCUT2D eigenvalue weighted by atomic mass is 10.1. The molecule has 24 heavy (non-hydrogen) atoms. The molecule has 0 radical (unpaired) electrons. The molecule has 0 heterocycles. The van der Waals surface area contributed by atoms with Gasteiger partial charge in [0.05, 0.1) is 29.3 Å². The van der Waals surface area contributed by atoms with E-state index in [9.17, 15) is 8.42 Å². The summed E-state index contributed by atoms with van der Waals surface area (Å²) in [4.78, 5) is 0.158. The summed E-state index contributed by atoms with van der Waals surface area (Å²) in [6.45, 7) is 12.6. The van der Waals surface area contributed by atoms with Crippen LogP contribution in [0.3, 0.4) is 0 Å². The minimum absolute atomic E-state index is 0.0141. The molecule has 0 bridgehead atoms. The molecule has 0 aliphatic heterocycles. The van der Waals surface area contributed by atoms with E-state index < -0.39 is 15.7 Å². The molecular weight excluding hydrogens is 328 g/mol. The molecule has 0 aliphatic rings. The maximum atomic E-state index is 12.1. The van der Waals surface area contributed by atoms with Crippen LogP contribution in [-0.4, -0.2) is 39.4 Å². The molecule has 1 rings (SSSR count). The summed E-state index contributed by atoms with van der Waals surface area (Å²) < 4.78 is 40.5. The Morgan fingerprint density at radius 2 is 1.46 bits per heavy atom. The van der Waals surface area contributed by atoms with E-state index in [0.29, 0.717) is 6.61 Å². The molecule has 138 valence electrons. The average Bonchev–Trinajstić information content (AvgIpc) is 2.42. The highest BCUT2D eigenvalue weighted by Crippen LogP contribution is 2.18. The second-order valence-electron chi connectivity index (χ2n) is 7.41. The van der Waals surface area contributed by atoms with Crippen LogP contribution in [0.15, 0.2) is 29.2 Å². The summed E-state index contributed by atoms with van der Waals surface area (Å²) in [5.74, 6) is 0. The van der Waals surface area contributed by atoms with Crippen LogP contribution in [0.1, 0.15) is 46.6 Å². The van der Waals surface area contributed by atoms with Gasteiger partial charge in [-0.3, -0.25) is 4.18 Å². The number of ether oxygens (including phenoxy) is 2. The van der Waals surface area contributed by atoms with Gasteiger partial charge in [0.15, 0.2) is 0 Å². The fourth-order valence-corrected chi connectivity index (χ4v) is 2.80. The SMILES string of the molecule is Cc1ccc(S(=O)(=O)OCCOC(C)(C)CCOC(C)(C)C)cc1. The van der Waals surface area contributed by atoms with Crippen molar-refractivity contribution in [3.05, 3.63) is 29.8 Å². The fraction of sp³-hybridized carbons (Fsp3) is 0.667. The second-order valence-corrected chi connectivity index (χ2v) is 9.02. The minimum Gasteiger partial charge on any atom is -0.376 e. The zero-order chi connectivity index (χ0) is 18.4. The molecule has 0 N–H and O–H groups in total. The van der Waals surface area contributed by atoms with E-state index in [1.54, 1.807) is 24.3 Å². The second kappa shape index (κ2) is 8.43. The lowest BCUT2D eigenvalue weighted by Gasteiger charge is -2.27. The Hall–Kier alpha value is -0.950. The van der Waals surface area contributed by atoms with Crippen molar-refractivity contribution >= 4 is 10.1 Å². The summed E-state index contributed by atoms with van der Waals surface area (Å²) in [5.41, 5.74) is 0.417. The summed E-state index contributed by atoms with van der Waals surface area (Å²) >= 11 is 0. The first-order valence-corrected chi connectivity index (χ1v) is 9.56. The minimum atomic E-state index is -3.74. The van der Waals surface area contributed by atoms with Gasteiger partial charge in [-0.2, -0.15) is 8.42 Å². The standard InChI is InChI=1S/C18H30O5S/c1-15-7-9-16(10-8-15)24(19,20)23-14-13-22-18(5,6)11-12-21-17(2,3)4/h7-10H,11-14H2,1-6H3. The molecule has 0 spiro atoms.